The van der Waals surface area contributed by atoms with Gasteiger partial charge in [-0.05, 0) is 0 Å². The summed E-state index contributed by atoms with van der Waals surface area (Å²) in [6.07, 6.45) is 0. The Hall–Kier alpha value is -4.88. The first kappa shape index (κ1) is 24.9. The molecule has 0 saturated heterocycles. The van der Waals surface area contributed by atoms with Gasteiger partial charge in [0.05, 0.1) is 0 Å². The van der Waals surface area contributed by atoms with Crippen molar-refractivity contribution in [1.82, 2.24) is 0 Å². The van der Waals surface area contributed by atoms with Crippen LogP contribution in [0.3, 0.4) is 0 Å². The average molecular weight is 601 g/mol. The molecule has 0 aliphatic rings. The zero-order valence-electron chi connectivity index (χ0n) is 22.9. The molecule has 0 saturated carbocycles. The van der Waals surface area contributed by atoms with Crippen LogP contribution in [0.2, 0.25) is 0 Å². The summed E-state index contributed by atoms with van der Waals surface area (Å²) in [6.45, 7) is 0. The second-order valence-electron chi connectivity index (χ2n) is 10.6. The maximum absolute atomic E-state index is 2.40. The first-order valence-corrected chi connectivity index (χ1v) is 16.0. The van der Waals surface area contributed by atoms with Crippen LogP contribution < -0.4 is 4.90 Å². The fourth-order valence-electron chi connectivity index (χ4n) is 5.97. The van der Waals surface area contributed by atoms with E-state index in [4.69, 9.17) is 0 Å². The van der Waals surface area contributed by atoms with Crippen LogP contribution in [-0.4, -0.2) is 14.5 Å². The Balaban J connectivity index is 1.30. The van der Waals surface area contributed by atoms with Gasteiger partial charge in [0.25, 0.3) is 0 Å². The van der Waals surface area contributed by atoms with E-state index >= 15 is 0 Å². The van der Waals surface area contributed by atoms with Gasteiger partial charge >= 0.3 is 247 Å². The van der Waals surface area contributed by atoms with Gasteiger partial charge in [-0.15, -0.1) is 0 Å². The van der Waals surface area contributed by atoms with Crippen molar-refractivity contribution in [2.45, 2.75) is 0 Å². The van der Waals surface area contributed by atoms with E-state index in [1.807, 2.05) is 0 Å². The summed E-state index contributed by atoms with van der Waals surface area (Å²) in [5, 5.41) is 5.45. The summed E-state index contributed by atoms with van der Waals surface area (Å²) in [4.78, 5) is 2.40. The zero-order valence-corrected chi connectivity index (χ0v) is 24.7. The molecule has 0 amide bonds. The minimum atomic E-state index is 0.291. The molecule has 42 heavy (non-hydrogen) atoms. The van der Waals surface area contributed by atoms with Crippen LogP contribution in [0.15, 0.2) is 164 Å². The van der Waals surface area contributed by atoms with Crippen molar-refractivity contribution in [3.63, 3.8) is 0 Å². The van der Waals surface area contributed by atoms with Crippen LogP contribution >= 0.6 is 0 Å². The second-order valence-corrected chi connectivity index (χ2v) is 12.8. The van der Waals surface area contributed by atoms with Crippen LogP contribution in [0.25, 0.3) is 52.3 Å². The molecular weight excluding hydrogens is 573 g/mol. The number of rotatable bonds is 5. The van der Waals surface area contributed by atoms with Crippen LogP contribution in [0.5, 0.6) is 0 Å². The summed E-state index contributed by atoms with van der Waals surface area (Å²) in [7, 11) is 0. The third-order valence-electron chi connectivity index (χ3n) is 8.05. The summed E-state index contributed by atoms with van der Waals surface area (Å²) < 4.78 is 2.95. The van der Waals surface area contributed by atoms with E-state index in [-0.39, 0.29) is 0 Å². The summed E-state index contributed by atoms with van der Waals surface area (Å²) in [5.74, 6) is 0. The van der Waals surface area contributed by atoms with Crippen molar-refractivity contribution in [3.05, 3.63) is 164 Å². The van der Waals surface area contributed by atoms with Crippen molar-refractivity contribution >= 4 is 61.6 Å². The summed E-state index contributed by atoms with van der Waals surface area (Å²) in [6, 6.07) is 59.5. The van der Waals surface area contributed by atoms with Crippen molar-refractivity contribution in [3.8, 4) is 22.3 Å². The molecule has 0 bridgehead atoms. The number of benzene rings is 7. The second kappa shape index (κ2) is 10.5. The number of hydrogen-bond donors (Lipinski definition) is 0. The van der Waals surface area contributed by atoms with Gasteiger partial charge in [0.1, 0.15) is 0 Å². The zero-order chi connectivity index (χ0) is 27.9. The van der Waals surface area contributed by atoms with Gasteiger partial charge in [0.2, 0.25) is 0 Å². The van der Waals surface area contributed by atoms with Crippen molar-refractivity contribution in [1.29, 1.82) is 0 Å². The first-order chi connectivity index (χ1) is 20.8. The molecule has 0 radical (unpaired) electrons. The molecular formula is C40H27NSe. The molecule has 0 atom stereocenters. The van der Waals surface area contributed by atoms with E-state index in [0.717, 1.165) is 11.4 Å². The molecule has 8 aromatic rings. The molecule has 0 spiro atoms. The predicted octanol–water partition coefficient (Wildman–Crippen LogP) is 11.0. The van der Waals surface area contributed by atoms with Crippen molar-refractivity contribution in [2.24, 2.45) is 0 Å². The molecule has 0 fully saturated rings. The molecule has 1 heterocycles. The predicted molar refractivity (Wildman–Crippen MR) is 181 cm³/mol. The van der Waals surface area contributed by atoms with Gasteiger partial charge in [-0.2, -0.15) is 0 Å². The molecule has 0 unspecified atom stereocenters. The normalized spacial score (nSPS) is 11.3. The fourth-order valence-corrected chi connectivity index (χ4v) is 8.52. The molecule has 0 aliphatic heterocycles. The molecule has 7 aromatic carbocycles. The number of anilines is 3. The van der Waals surface area contributed by atoms with Crippen molar-refractivity contribution in [2.75, 3.05) is 4.90 Å². The van der Waals surface area contributed by atoms with Gasteiger partial charge in [0, 0.05) is 0 Å². The molecule has 1 nitrogen and oxygen atoms in total. The quantitative estimate of drug-likeness (QED) is 0.178. The third-order valence-corrected chi connectivity index (χ3v) is 10.6. The van der Waals surface area contributed by atoms with E-state index in [0.29, 0.717) is 14.5 Å². The van der Waals surface area contributed by atoms with E-state index < -0.39 is 0 Å². The molecule has 1 aromatic heterocycles. The maximum atomic E-state index is 2.40. The van der Waals surface area contributed by atoms with E-state index in [9.17, 15) is 0 Å². The average Bonchev–Trinajstić information content (AvgIpc) is 3.45. The van der Waals surface area contributed by atoms with E-state index in [1.54, 1.807) is 0 Å². The van der Waals surface area contributed by atoms with Crippen LogP contribution in [0, 0.1) is 0 Å². The summed E-state index contributed by atoms with van der Waals surface area (Å²) >= 11 is 0.291. The van der Waals surface area contributed by atoms with Gasteiger partial charge in [-0.25, -0.2) is 0 Å². The molecule has 8 rings (SSSR count). The van der Waals surface area contributed by atoms with Crippen LogP contribution in [0.4, 0.5) is 17.1 Å². The molecule has 0 aliphatic carbocycles. The Morgan fingerprint density at radius 2 is 0.976 bits per heavy atom. The van der Waals surface area contributed by atoms with Crippen molar-refractivity contribution < 1.29 is 0 Å². The monoisotopic (exact) mass is 601 g/mol. The number of hydrogen-bond acceptors (Lipinski definition) is 1. The summed E-state index contributed by atoms with van der Waals surface area (Å²) in [5.41, 5.74) is 8.33. The molecule has 198 valence electrons. The third kappa shape index (κ3) is 4.43. The Kier molecular flexibility index (Phi) is 6.22. The molecule has 0 N–H and O–H groups in total. The fraction of sp³-hybridized carbons (Fsp3) is 0. The first-order valence-electron chi connectivity index (χ1n) is 14.3. The van der Waals surface area contributed by atoms with Gasteiger partial charge < -0.3 is 0 Å². The SMILES string of the molecule is c1ccc(-c2ccc(N(c3cccc(-c4ccccc4)c3)c3ccc4[se]c5c6ccccc6ccc5c4c3)cc2)cc1. The van der Waals surface area contributed by atoms with Gasteiger partial charge in [-0.1, -0.05) is 6.07 Å². The Bertz CT molecular complexity index is 2180. The van der Waals surface area contributed by atoms with Crippen LogP contribution in [-0.2, 0) is 0 Å². The van der Waals surface area contributed by atoms with E-state index in [1.165, 1.54) is 58.0 Å². The van der Waals surface area contributed by atoms with Crippen LogP contribution in [0.1, 0.15) is 0 Å². The minimum absolute atomic E-state index is 0.291. The Morgan fingerprint density at radius 3 is 1.76 bits per heavy atom. The molecule has 2 heteroatoms. The van der Waals surface area contributed by atoms with E-state index in [2.05, 4.69) is 169 Å². The number of fused-ring (bicyclic) bond motifs is 5. The standard InChI is InChI=1S/C40H27NSe/c1-3-10-28(11-4-1)30-18-21-33(22-19-30)41(34-16-9-15-32(26-34)29-12-5-2-6-13-29)35-23-25-39-38(27-35)37-24-20-31-14-7-8-17-36(31)40(37)42-39/h1-27H. The number of nitrogens with zero attached hydrogens (tertiary/aromatic N) is 1. The van der Waals surface area contributed by atoms with Gasteiger partial charge in [-0.3, -0.25) is 0 Å². The van der Waals surface area contributed by atoms with Gasteiger partial charge in [0.15, 0.2) is 0 Å². The Labute approximate surface area is 251 Å². The topological polar surface area (TPSA) is 3.24 Å². The Morgan fingerprint density at radius 1 is 0.357 bits per heavy atom.